The van der Waals surface area contributed by atoms with E-state index in [1.807, 2.05) is 13.1 Å². The normalized spacial score (nSPS) is 15.4. The first kappa shape index (κ1) is 11.8. The summed E-state index contributed by atoms with van der Waals surface area (Å²) in [7, 11) is 2.04. The highest BCUT2D eigenvalue weighted by Crippen LogP contribution is 2.30. The number of nitrogens with two attached hydrogens (primary N) is 2. The summed E-state index contributed by atoms with van der Waals surface area (Å²) in [6, 6.07) is 5.24. The van der Waals surface area contributed by atoms with Gasteiger partial charge >= 0.3 is 0 Å². The predicted octanol–water partition coefficient (Wildman–Crippen LogP) is 1.60. The summed E-state index contributed by atoms with van der Waals surface area (Å²) in [6.45, 7) is 1.03. The lowest BCUT2D eigenvalue weighted by Crippen LogP contribution is -2.29. The second kappa shape index (κ2) is 4.65. The molecule has 17 heavy (non-hydrogen) atoms. The van der Waals surface area contributed by atoms with Crippen molar-refractivity contribution in [3.05, 3.63) is 23.8 Å². The molecule has 1 saturated carbocycles. The summed E-state index contributed by atoms with van der Waals surface area (Å²) in [5, 5.41) is 0. The largest absolute Gasteiger partial charge is 0.397 e. The zero-order valence-electron chi connectivity index (χ0n) is 10.1. The molecular weight excluding hydrogens is 214 g/mol. The van der Waals surface area contributed by atoms with Crippen molar-refractivity contribution < 1.29 is 4.79 Å². The Morgan fingerprint density at radius 1 is 1.47 bits per heavy atom. The van der Waals surface area contributed by atoms with E-state index in [2.05, 4.69) is 4.90 Å². The van der Waals surface area contributed by atoms with Crippen molar-refractivity contribution in [3.8, 4) is 0 Å². The summed E-state index contributed by atoms with van der Waals surface area (Å²) in [5.41, 5.74) is 13.2. The zero-order valence-corrected chi connectivity index (χ0v) is 10.1. The van der Waals surface area contributed by atoms with E-state index in [1.54, 1.807) is 12.1 Å². The lowest BCUT2D eigenvalue weighted by Gasteiger charge is -2.31. The number of anilines is 2. The molecule has 0 aromatic heterocycles. The Morgan fingerprint density at radius 3 is 2.65 bits per heavy atom. The molecule has 92 valence electrons. The highest BCUT2D eigenvalue weighted by molar-refractivity contribution is 5.94. The monoisotopic (exact) mass is 233 g/mol. The Balaban J connectivity index is 2.11. The number of amides is 1. The molecule has 0 atom stereocenters. The van der Waals surface area contributed by atoms with E-state index in [0.29, 0.717) is 11.3 Å². The van der Waals surface area contributed by atoms with E-state index >= 15 is 0 Å². The number of carbonyl (C=O) groups is 1. The Kier molecular flexibility index (Phi) is 3.22. The molecule has 0 spiro atoms. The van der Waals surface area contributed by atoms with Crippen LogP contribution in [0.25, 0.3) is 0 Å². The third kappa shape index (κ3) is 2.52. The molecule has 0 aliphatic heterocycles. The molecule has 1 aliphatic rings. The van der Waals surface area contributed by atoms with E-state index in [0.717, 1.165) is 18.2 Å². The average molecular weight is 233 g/mol. The van der Waals surface area contributed by atoms with Gasteiger partial charge in [0.1, 0.15) is 0 Å². The van der Waals surface area contributed by atoms with Gasteiger partial charge in [0.05, 0.1) is 11.4 Å². The minimum absolute atomic E-state index is 0.440. The van der Waals surface area contributed by atoms with E-state index < -0.39 is 5.91 Å². The predicted molar refractivity (Wildman–Crippen MR) is 70.0 cm³/mol. The van der Waals surface area contributed by atoms with Crippen LogP contribution in [-0.2, 0) is 0 Å². The summed E-state index contributed by atoms with van der Waals surface area (Å²) < 4.78 is 0. The average Bonchev–Trinajstić information content (AvgIpc) is 2.22. The fourth-order valence-electron chi connectivity index (χ4n) is 2.22. The molecule has 4 heteroatoms. The maximum atomic E-state index is 11.0. The van der Waals surface area contributed by atoms with Crippen LogP contribution in [0.4, 0.5) is 11.4 Å². The molecule has 0 unspecified atom stereocenters. The minimum atomic E-state index is -0.440. The molecular formula is C13H19N3O. The smallest absolute Gasteiger partial charge is 0.248 e. The number of carbonyl (C=O) groups excluding carboxylic acids is 1. The van der Waals surface area contributed by atoms with Crippen LogP contribution in [0.5, 0.6) is 0 Å². The summed E-state index contributed by atoms with van der Waals surface area (Å²) in [5.74, 6) is 0.347. The molecule has 0 saturated heterocycles. The van der Waals surface area contributed by atoms with Crippen LogP contribution in [0.1, 0.15) is 29.6 Å². The fraction of sp³-hybridized carbons (Fsp3) is 0.462. The lowest BCUT2D eigenvalue weighted by molar-refractivity contribution is 0.100. The molecule has 1 fully saturated rings. The Hall–Kier alpha value is -1.71. The maximum Gasteiger partial charge on any atom is 0.248 e. The van der Waals surface area contributed by atoms with Crippen LogP contribution in [0.15, 0.2) is 18.2 Å². The van der Waals surface area contributed by atoms with E-state index in [4.69, 9.17) is 11.5 Å². The topological polar surface area (TPSA) is 72.3 Å². The number of nitrogens with zero attached hydrogens (tertiary/aromatic N) is 1. The number of hydrogen-bond acceptors (Lipinski definition) is 3. The Labute approximate surface area is 102 Å². The second-order valence-electron chi connectivity index (χ2n) is 4.82. The van der Waals surface area contributed by atoms with Gasteiger partial charge in [-0.15, -0.1) is 0 Å². The molecule has 0 radical (unpaired) electrons. The first-order valence-corrected chi connectivity index (χ1v) is 5.98. The van der Waals surface area contributed by atoms with Crippen LogP contribution in [0.2, 0.25) is 0 Å². The molecule has 1 aromatic rings. The van der Waals surface area contributed by atoms with E-state index in [1.165, 1.54) is 19.3 Å². The van der Waals surface area contributed by atoms with Crippen LogP contribution >= 0.6 is 0 Å². The second-order valence-corrected chi connectivity index (χ2v) is 4.82. The molecule has 0 bridgehead atoms. The number of nitrogen functional groups attached to an aromatic ring is 1. The van der Waals surface area contributed by atoms with Gasteiger partial charge in [0.25, 0.3) is 0 Å². The SMILES string of the molecule is CN(CC1CCC1)c1ccc(C(N)=O)cc1N. The maximum absolute atomic E-state index is 11.0. The molecule has 1 aliphatic carbocycles. The standard InChI is InChI=1S/C13H19N3O/c1-16(8-9-3-2-4-9)12-6-5-10(13(15)17)7-11(12)14/h5-7,9H,2-4,8,14H2,1H3,(H2,15,17). The first-order valence-electron chi connectivity index (χ1n) is 5.98. The third-order valence-electron chi connectivity index (χ3n) is 3.48. The van der Waals surface area contributed by atoms with Crippen molar-refractivity contribution in [2.45, 2.75) is 19.3 Å². The molecule has 4 N–H and O–H groups in total. The van der Waals surface area contributed by atoms with Crippen molar-refractivity contribution in [2.75, 3.05) is 24.2 Å². The van der Waals surface area contributed by atoms with E-state index in [-0.39, 0.29) is 0 Å². The Bertz CT molecular complexity index is 427. The van der Waals surface area contributed by atoms with Crippen molar-refractivity contribution in [2.24, 2.45) is 11.7 Å². The summed E-state index contributed by atoms with van der Waals surface area (Å²) >= 11 is 0. The van der Waals surface area contributed by atoms with Crippen LogP contribution in [0.3, 0.4) is 0 Å². The van der Waals surface area contributed by atoms with Gasteiger partial charge in [0.2, 0.25) is 5.91 Å². The van der Waals surface area contributed by atoms with Gasteiger partial charge in [0, 0.05) is 19.2 Å². The third-order valence-corrected chi connectivity index (χ3v) is 3.48. The summed E-state index contributed by atoms with van der Waals surface area (Å²) in [6.07, 6.45) is 3.96. The van der Waals surface area contributed by atoms with Crippen LogP contribution < -0.4 is 16.4 Å². The number of benzene rings is 1. The highest BCUT2D eigenvalue weighted by atomic mass is 16.1. The zero-order chi connectivity index (χ0) is 12.4. The Morgan fingerprint density at radius 2 is 2.18 bits per heavy atom. The van der Waals surface area contributed by atoms with Gasteiger partial charge in [-0.2, -0.15) is 0 Å². The number of primary amides is 1. The quantitative estimate of drug-likeness (QED) is 0.776. The number of hydrogen-bond donors (Lipinski definition) is 2. The molecule has 0 heterocycles. The van der Waals surface area contributed by atoms with Crippen molar-refractivity contribution >= 4 is 17.3 Å². The lowest BCUT2D eigenvalue weighted by atomic mass is 9.85. The fourth-order valence-corrected chi connectivity index (χ4v) is 2.22. The number of rotatable bonds is 4. The van der Waals surface area contributed by atoms with Gasteiger partial charge < -0.3 is 16.4 Å². The van der Waals surface area contributed by atoms with Crippen LogP contribution in [-0.4, -0.2) is 19.5 Å². The molecule has 4 nitrogen and oxygen atoms in total. The van der Waals surface area contributed by atoms with Crippen LogP contribution in [0, 0.1) is 5.92 Å². The molecule has 1 aromatic carbocycles. The van der Waals surface area contributed by atoms with Gasteiger partial charge in [-0.3, -0.25) is 4.79 Å². The van der Waals surface area contributed by atoms with Gasteiger partial charge in [-0.05, 0) is 37.0 Å². The highest BCUT2D eigenvalue weighted by Gasteiger charge is 2.20. The van der Waals surface area contributed by atoms with Crippen molar-refractivity contribution in [1.29, 1.82) is 0 Å². The van der Waals surface area contributed by atoms with Gasteiger partial charge in [-0.25, -0.2) is 0 Å². The van der Waals surface area contributed by atoms with Gasteiger partial charge in [0.15, 0.2) is 0 Å². The first-order chi connectivity index (χ1) is 8.08. The summed E-state index contributed by atoms with van der Waals surface area (Å²) in [4.78, 5) is 13.2. The van der Waals surface area contributed by atoms with Crippen molar-refractivity contribution in [3.63, 3.8) is 0 Å². The van der Waals surface area contributed by atoms with E-state index in [9.17, 15) is 4.79 Å². The van der Waals surface area contributed by atoms with Crippen molar-refractivity contribution in [1.82, 2.24) is 0 Å². The van der Waals surface area contributed by atoms with Gasteiger partial charge in [-0.1, -0.05) is 6.42 Å². The molecule has 1 amide bonds. The minimum Gasteiger partial charge on any atom is -0.397 e. The molecule has 2 rings (SSSR count).